The Morgan fingerprint density at radius 2 is 1.91 bits per heavy atom. The number of nitro groups is 1. The largest absolute Gasteiger partial charge is 0.345 e. The monoisotopic (exact) mass is 488 g/mol. The Kier molecular flexibility index (Phi) is 8.81. The number of thiazole rings is 1. The fraction of sp³-hybridized carbons (Fsp3) is 0.238. The Morgan fingerprint density at radius 3 is 2.67 bits per heavy atom. The van der Waals surface area contributed by atoms with Crippen molar-refractivity contribution in [2.24, 2.45) is 0 Å². The lowest BCUT2D eigenvalue weighted by atomic mass is 10.2. The first-order valence-electron chi connectivity index (χ1n) is 10.0. The van der Waals surface area contributed by atoms with E-state index < -0.39 is 4.92 Å². The van der Waals surface area contributed by atoms with Gasteiger partial charge in [-0.2, -0.15) is 0 Å². The van der Waals surface area contributed by atoms with Crippen LogP contribution in [0, 0.1) is 10.1 Å². The molecule has 0 bridgehead atoms. The summed E-state index contributed by atoms with van der Waals surface area (Å²) < 4.78 is 0.312. The minimum Gasteiger partial charge on any atom is -0.345 e. The molecule has 12 heteroatoms. The van der Waals surface area contributed by atoms with Crippen LogP contribution in [-0.2, 0) is 17.8 Å². The summed E-state index contributed by atoms with van der Waals surface area (Å²) in [5, 5.41) is 20.1. The Hall–Kier alpha value is -3.41. The molecular formula is C21H21ClN6O4S. The molecule has 33 heavy (non-hydrogen) atoms. The Morgan fingerprint density at radius 1 is 1.12 bits per heavy atom. The van der Waals surface area contributed by atoms with E-state index in [0.29, 0.717) is 28.9 Å². The lowest BCUT2D eigenvalue weighted by Crippen LogP contribution is -2.24. The van der Waals surface area contributed by atoms with Crippen LogP contribution in [0.5, 0.6) is 0 Å². The third kappa shape index (κ3) is 7.31. The first-order chi connectivity index (χ1) is 15.9. The van der Waals surface area contributed by atoms with Crippen molar-refractivity contribution in [3.63, 3.8) is 0 Å². The predicted octanol–water partition coefficient (Wildman–Crippen LogP) is 3.19. The zero-order valence-corrected chi connectivity index (χ0v) is 19.0. The van der Waals surface area contributed by atoms with Crippen molar-refractivity contribution in [2.45, 2.75) is 19.4 Å². The third-order valence-electron chi connectivity index (χ3n) is 4.42. The smallest absolute Gasteiger partial charge is 0.292 e. The Bertz CT molecular complexity index is 1120. The molecule has 0 aliphatic heterocycles. The summed E-state index contributed by atoms with van der Waals surface area (Å²) in [4.78, 5) is 43.3. The molecule has 0 saturated carbocycles. The number of halogens is 1. The number of hydrogen-bond acceptors (Lipinski definition) is 8. The molecule has 3 rings (SSSR count). The van der Waals surface area contributed by atoms with Gasteiger partial charge >= 0.3 is 0 Å². The van der Waals surface area contributed by atoms with Gasteiger partial charge in [0.05, 0.1) is 22.2 Å². The molecule has 0 saturated heterocycles. The fourth-order valence-electron chi connectivity index (χ4n) is 2.82. The van der Waals surface area contributed by atoms with E-state index in [0.717, 1.165) is 5.69 Å². The molecule has 3 N–H and O–H groups in total. The number of para-hydroxylation sites is 2. The zero-order chi connectivity index (χ0) is 23.6. The van der Waals surface area contributed by atoms with Gasteiger partial charge in [-0.25, -0.2) is 4.98 Å². The quantitative estimate of drug-likeness (QED) is 0.214. The van der Waals surface area contributed by atoms with Crippen molar-refractivity contribution in [2.75, 3.05) is 18.4 Å². The summed E-state index contributed by atoms with van der Waals surface area (Å²) in [6.07, 6.45) is 2.33. The number of benzene rings is 1. The highest BCUT2D eigenvalue weighted by Crippen LogP contribution is 2.25. The molecule has 0 radical (unpaired) electrons. The van der Waals surface area contributed by atoms with Crippen LogP contribution in [0.25, 0.3) is 0 Å². The van der Waals surface area contributed by atoms with E-state index in [2.05, 4.69) is 25.9 Å². The Balaban J connectivity index is 1.39. The minimum atomic E-state index is -0.542. The number of nitrogens with one attached hydrogen (secondary N) is 3. The number of carbonyl (C=O) groups excluding carboxylic acids is 2. The fourth-order valence-corrected chi connectivity index (χ4v) is 4.00. The number of carbonyl (C=O) groups is 2. The van der Waals surface area contributed by atoms with Crippen molar-refractivity contribution >= 4 is 46.1 Å². The molecular weight excluding hydrogens is 468 g/mol. The lowest BCUT2D eigenvalue weighted by molar-refractivity contribution is -0.383. The molecule has 10 nitrogen and oxygen atoms in total. The first-order valence-corrected chi connectivity index (χ1v) is 11.2. The highest BCUT2D eigenvalue weighted by atomic mass is 35.5. The number of nitro benzene ring substituents is 1. The summed E-state index contributed by atoms with van der Waals surface area (Å²) in [5.41, 5.74) is 0.919. The van der Waals surface area contributed by atoms with Crippen LogP contribution in [-0.4, -0.2) is 39.8 Å². The number of rotatable bonds is 11. The van der Waals surface area contributed by atoms with Crippen LogP contribution >= 0.6 is 22.9 Å². The predicted molar refractivity (Wildman–Crippen MR) is 125 cm³/mol. The van der Waals surface area contributed by atoms with Gasteiger partial charge in [-0.3, -0.25) is 24.7 Å². The van der Waals surface area contributed by atoms with Crippen molar-refractivity contribution in [1.82, 2.24) is 20.6 Å². The number of hydrogen-bond donors (Lipinski definition) is 3. The maximum Gasteiger partial charge on any atom is 0.292 e. The van der Waals surface area contributed by atoms with Gasteiger partial charge < -0.3 is 16.0 Å². The summed E-state index contributed by atoms with van der Waals surface area (Å²) in [6, 6.07) is 11.4. The maximum absolute atomic E-state index is 12.3. The van der Waals surface area contributed by atoms with Crippen LogP contribution in [0.4, 0.5) is 11.4 Å². The molecule has 0 unspecified atom stereocenters. The van der Waals surface area contributed by atoms with Crippen LogP contribution < -0.4 is 16.0 Å². The van der Waals surface area contributed by atoms with E-state index in [9.17, 15) is 19.7 Å². The van der Waals surface area contributed by atoms with Crippen molar-refractivity contribution in [3.8, 4) is 0 Å². The van der Waals surface area contributed by atoms with E-state index in [4.69, 9.17) is 11.6 Å². The summed E-state index contributed by atoms with van der Waals surface area (Å²) >= 11 is 7.40. The van der Waals surface area contributed by atoms with Crippen LogP contribution in [0.3, 0.4) is 0 Å². The molecule has 1 aromatic carbocycles. The average molecular weight is 489 g/mol. The van der Waals surface area contributed by atoms with Gasteiger partial charge in [0.2, 0.25) is 5.91 Å². The topological polar surface area (TPSA) is 139 Å². The van der Waals surface area contributed by atoms with E-state index in [1.54, 1.807) is 24.4 Å². The second-order valence-electron chi connectivity index (χ2n) is 6.81. The molecule has 2 heterocycles. The minimum absolute atomic E-state index is 0.145. The van der Waals surface area contributed by atoms with E-state index in [-0.39, 0.29) is 41.8 Å². The molecule has 0 aliphatic carbocycles. The normalized spacial score (nSPS) is 10.6. The van der Waals surface area contributed by atoms with Crippen LogP contribution in [0.2, 0.25) is 4.34 Å². The van der Waals surface area contributed by atoms with E-state index in [1.165, 1.54) is 29.5 Å². The number of pyridine rings is 1. The molecule has 0 atom stereocenters. The van der Waals surface area contributed by atoms with Crippen molar-refractivity contribution in [1.29, 1.82) is 0 Å². The number of amides is 2. The molecule has 172 valence electrons. The summed E-state index contributed by atoms with van der Waals surface area (Å²) in [6.45, 7) is 1.18. The van der Waals surface area contributed by atoms with Gasteiger partial charge in [-0.15, -0.1) is 11.3 Å². The SMILES string of the molecule is O=C(CCNCCc1nc(C(=O)NCc2ccccn2)c(Cl)s1)Nc1ccccc1[N+](=O)[O-]. The molecule has 0 fully saturated rings. The number of nitrogens with zero attached hydrogens (tertiary/aromatic N) is 3. The second-order valence-corrected chi connectivity index (χ2v) is 8.49. The zero-order valence-electron chi connectivity index (χ0n) is 17.4. The molecule has 0 spiro atoms. The van der Waals surface area contributed by atoms with Gasteiger partial charge in [-0.05, 0) is 18.2 Å². The van der Waals surface area contributed by atoms with Gasteiger partial charge in [0.1, 0.15) is 10.0 Å². The Labute approximate surface area is 198 Å². The van der Waals surface area contributed by atoms with Crippen LogP contribution in [0.15, 0.2) is 48.7 Å². The summed E-state index contributed by atoms with van der Waals surface area (Å²) in [7, 11) is 0. The van der Waals surface area contributed by atoms with Crippen molar-refractivity contribution < 1.29 is 14.5 Å². The molecule has 2 aromatic heterocycles. The molecule has 0 aliphatic rings. The van der Waals surface area contributed by atoms with Gasteiger partial charge in [0.25, 0.3) is 11.6 Å². The highest BCUT2D eigenvalue weighted by molar-refractivity contribution is 7.16. The van der Waals surface area contributed by atoms with E-state index >= 15 is 0 Å². The average Bonchev–Trinajstić information content (AvgIpc) is 3.18. The standard InChI is InChI=1S/C21H21ClN6O4S/c22-20-19(21(30)25-13-14-5-3-4-10-24-14)27-18(33-20)9-12-23-11-8-17(29)26-15-6-1-2-7-16(15)28(31)32/h1-7,10,23H,8-9,11-13H2,(H,25,30)(H,26,29). The van der Waals surface area contributed by atoms with Crippen LogP contribution in [0.1, 0.15) is 27.6 Å². The second kappa shape index (κ2) is 12.0. The maximum atomic E-state index is 12.3. The van der Waals surface area contributed by atoms with Gasteiger partial charge in [0, 0.05) is 38.2 Å². The number of anilines is 1. The third-order valence-corrected chi connectivity index (χ3v) is 5.73. The van der Waals surface area contributed by atoms with Gasteiger partial charge in [-0.1, -0.05) is 29.8 Å². The highest BCUT2D eigenvalue weighted by Gasteiger charge is 2.17. The molecule has 3 aromatic rings. The molecule has 2 amide bonds. The van der Waals surface area contributed by atoms with Crippen molar-refractivity contribution in [3.05, 3.63) is 79.5 Å². The lowest BCUT2D eigenvalue weighted by Gasteiger charge is -2.06. The van der Waals surface area contributed by atoms with E-state index in [1.807, 2.05) is 6.07 Å². The van der Waals surface area contributed by atoms with Gasteiger partial charge in [0.15, 0.2) is 5.69 Å². The first kappa shape index (κ1) is 24.2. The number of aromatic nitrogens is 2. The summed E-state index contributed by atoms with van der Waals surface area (Å²) in [5.74, 6) is -0.700.